The van der Waals surface area contributed by atoms with Gasteiger partial charge >= 0.3 is 0 Å². The summed E-state index contributed by atoms with van der Waals surface area (Å²) in [4.78, 5) is 55.2. The van der Waals surface area contributed by atoms with Gasteiger partial charge in [-0.1, -0.05) is 37.5 Å². The Balaban J connectivity index is 1.27. The molecule has 1 saturated carbocycles. The van der Waals surface area contributed by atoms with Gasteiger partial charge in [-0.3, -0.25) is 29.0 Å². The first-order chi connectivity index (χ1) is 17.4. The Hall–Kier alpha value is -4.16. The first-order valence-corrected chi connectivity index (χ1v) is 12.4. The van der Waals surface area contributed by atoms with E-state index in [0.717, 1.165) is 25.7 Å². The van der Waals surface area contributed by atoms with Crippen molar-refractivity contribution >= 4 is 23.6 Å². The Morgan fingerprint density at radius 2 is 0.889 bits per heavy atom. The fourth-order valence-corrected chi connectivity index (χ4v) is 5.69. The van der Waals surface area contributed by atoms with Gasteiger partial charge < -0.3 is 0 Å². The van der Waals surface area contributed by atoms with E-state index in [1.165, 1.54) is 9.80 Å². The molecule has 36 heavy (non-hydrogen) atoms. The molecular weight excluding hydrogens is 452 g/mol. The zero-order chi connectivity index (χ0) is 25.4. The van der Waals surface area contributed by atoms with Crippen LogP contribution in [0.15, 0.2) is 36.4 Å². The third-order valence-corrected chi connectivity index (χ3v) is 7.55. The van der Waals surface area contributed by atoms with Gasteiger partial charge in [0.05, 0.1) is 22.3 Å². The molecule has 0 unspecified atom stereocenters. The van der Waals surface area contributed by atoms with Gasteiger partial charge in [-0.2, -0.15) is 0 Å². The zero-order valence-corrected chi connectivity index (χ0v) is 20.0. The average molecular weight is 479 g/mol. The number of carbonyl (C=O) groups is 4. The Morgan fingerprint density at radius 1 is 0.556 bits per heavy atom. The van der Waals surface area contributed by atoms with Crippen molar-refractivity contribution in [1.29, 1.82) is 0 Å². The van der Waals surface area contributed by atoms with Crippen molar-refractivity contribution < 1.29 is 19.2 Å². The molecule has 2 aliphatic heterocycles. The van der Waals surface area contributed by atoms with Crippen molar-refractivity contribution in [1.82, 2.24) is 9.80 Å². The Morgan fingerprint density at radius 3 is 1.22 bits per heavy atom. The number of hydrogen-bond donors (Lipinski definition) is 0. The second-order valence-corrected chi connectivity index (χ2v) is 9.65. The Bertz CT molecular complexity index is 1260. The van der Waals surface area contributed by atoms with Crippen LogP contribution >= 0.6 is 0 Å². The maximum absolute atomic E-state index is 13.1. The molecule has 0 saturated heterocycles. The lowest BCUT2D eigenvalue weighted by Crippen LogP contribution is -2.41. The van der Waals surface area contributed by atoms with Gasteiger partial charge in [0.2, 0.25) is 0 Å². The standard InChI is InChI=1S/C30H26N2O4/c1-3-19-13-15-23-25(17-19)29(35)31(27(23)33)21-9-5-7-11-22(12-8-6-10-21)32-28(34)24-16-14-20(4-2)18-26(24)30(32)36/h1-2,13-18,21-22H,5-12H2. The highest BCUT2D eigenvalue weighted by Crippen LogP contribution is 2.33. The largest absolute Gasteiger partial charge is 0.271 e. The van der Waals surface area contributed by atoms with Crippen molar-refractivity contribution in [2.75, 3.05) is 0 Å². The molecule has 0 spiro atoms. The minimum absolute atomic E-state index is 0.176. The van der Waals surface area contributed by atoms with Crippen LogP contribution in [-0.2, 0) is 0 Å². The minimum atomic E-state index is -0.274. The van der Waals surface area contributed by atoms with E-state index in [-0.39, 0.29) is 35.7 Å². The van der Waals surface area contributed by atoms with E-state index in [0.29, 0.717) is 59.1 Å². The molecule has 0 radical (unpaired) electrons. The van der Waals surface area contributed by atoms with Crippen LogP contribution in [0.25, 0.3) is 0 Å². The van der Waals surface area contributed by atoms with E-state index in [1.54, 1.807) is 36.4 Å². The monoisotopic (exact) mass is 478 g/mol. The topological polar surface area (TPSA) is 74.8 Å². The van der Waals surface area contributed by atoms with E-state index >= 15 is 0 Å². The second kappa shape index (κ2) is 9.47. The molecular formula is C30H26N2O4. The van der Waals surface area contributed by atoms with Crippen molar-refractivity contribution in [3.63, 3.8) is 0 Å². The summed E-state index contributed by atoms with van der Waals surface area (Å²) in [6.07, 6.45) is 16.8. The molecule has 2 aromatic rings. The van der Waals surface area contributed by atoms with E-state index in [4.69, 9.17) is 12.8 Å². The second-order valence-electron chi connectivity index (χ2n) is 9.65. The molecule has 3 aliphatic rings. The summed E-state index contributed by atoms with van der Waals surface area (Å²) >= 11 is 0. The molecule has 0 bridgehead atoms. The summed E-state index contributed by atoms with van der Waals surface area (Å²) in [5.74, 6) is 3.99. The Kier molecular flexibility index (Phi) is 6.20. The normalized spacial score (nSPS) is 22.2. The zero-order valence-electron chi connectivity index (χ0n) is 20.0. The maximum Gasteiger partial charge on any atom is 0.261 e. The molecule has 4 amide bonds. The number of carbonyl (C=O) groups excluding carboxylic acids is 4. The first kappa shape index (κ1) is 23.6. The SMILES string of the molecule is C#Cc1ccc2c(c1)C(=O)N(C1CCCCC(N3C(=O)c4ccc(C#C)cc4C3=O)CCCC1)C2=O. The lowest BCUT2D eigenvalue weighted by Gasteiger charge is -2.30. The number of hydrogen-bond acceptors (Lipinski definition) is 4. The summed E-state index contributed by atoms with van der Waals surface area (Å²) in [5.41, 5.74) is 2.75. The summed E-state index contributed by atoms with van der Waals surface area (Å²) in [6.45, 7) is 0. The van der Waals surface area contributed by atoms with Crippen molar-refractivity contribution in [3.05, 3.63) is 69.8 Å². The lowest BCUT2D eigenvalue weighted by molar-refractivity contribution is 0.0519. The van der Waals surface area contributed by atoms with Crippen LogP contribution in [0.4, 0.5) is 0 Å². The summed E-state index contributed by atoms with van der Waals surface area (Å²) in [6, 6.07) is 9.55. The van der Waals surface area contributed by atoms with Crippen LogP contribution in [0, 0.1) is 24.7 Å². The molecule has 180 valence electrons. The molecule has 6 nitrogen and oxygen atoms in total. The minimum Gasteiger partial charge on any atom is -0.271 e. The highest BCUT2D eigenvalue weighted by molar-refractivity contribution is 6.22. The van der Waals surface area contributed by atoms with Crippen LogP contribution in [0.5, 0.6) is 0 Å². The van der Waals surface area contributed by atoms with Gasteiger partial charge in [0.25, 0.3) is 23.6 Å². The van der Waals surface area contributed by atoms with Crippen LogP contribution < -0.4 is 0 Å². The smallest absolute Gasteiger partial charge is 0.261 e. The van der Waals surface area contributed by atoms with Crippen LogP contribution in [0.2, 0.25) is 0 Å². The first-order valence-electron chi connectivity index (χ1n) is 12.4. The number of benzene rings is 2. The molecule has 2 aromatic carbocycles. The van der Waals surface area contributed by atoms with E-state index in [9.17, 15) is 19.2 Å². The number of fused-ring (bicyclic) bond motifs is 2. The fourth-order valence-electron chi connectivity index (χ4n) is 5.69. The van der Waals surface area contributed by atoms with Crippen LogP contribution in [0.1, 0.15) is 104 Å². The average Bonchev–Trinajstić information content (AvgIpc) is 3.30. The van der Waals surface area contributed by atoms with Gasteiger partial charge in [0, 0.05) is 23.2 Å². The highest BCUT2D eigenvalue weighted by atomic mass is 16.2. The van der Waals surface area contributed by atoms with E-state index in [1.807, 2.05) is 0 Å². The molecule has 0 N–H and O–H groups in total. The molecule has 2 heterocycles. The summed E-state index contributed by atoms with van der Waals surface area (Å²) in [5, 5.41) is 0. The highest BCUT2D eigenvalue weighted by Gasteiger charge is 2.41. The van der Waals surface area contributed by atoms with Gasteiger partial charge in [-0.15, -0.1) is 12.8 Å². The number of nitrogens with zero attached hydrogens (tertiary/aromatic N) is 2. The number of amides is 4. The summed E-state index contributed by atoms with van der Waals surface area (Å²) < 4.78 is 0. The quantitative estimate of drug-likeness (QED) is 0.473. The Labute approximate surface area is 210 Å². The molecule has 0 aromatic heterocycles. The molecule has 1 aliphatic carbocycles. The lowest BCUT2D eigenvalue weighted by atomic mass is 9.93. The predicted octanol–water partition coefficient (Wildman–Crippen LogP) is 4.41. The number of imide groups is 2. The maximum atomic E-state index is 13.1. The fraction of sp³-hybridized carbons (Fsp3) is 0.333. The van der Waals surface area contributed by atoms with Gasteiger partial charge in [-0.05, 0) is 62.1 Å². The number of rotatable bonds is 2. The van der Waals surface area contributed by atoms with Gasteiger partial charge in [0.1, 0.15) is 0 Å². The molecule has 0 atom stereocenters. The van der Waals surface area contributed by atoms with E-state index < -0.39 is 0 Å². The molecule has 6 heteroatoms. The van der Waals surface area contributed by atoms with Gasteiger partial charge in [0.15, 0.2) is 0 Å². The van der Waals surface area contributed by atoms with Crippen molar-refractivity contribution in [3.8, 4) is 24.7 Å². The third-order valence-electron chi connectivity index (χ3n) is 7.55. The molecule has 5 rings (SSSR count). The van der Waals surface area contributed by atoms with Crippen LogP contribution in [-0.4, -0.2) is 45.5 Å². The van der Waals surface area contributed by atoms with Crippen molar-refractivity contribution in [2.45, 2.75) is 63.5 Å². The third kappa shape index (κ3) is 3.89. The molecule has 1 fully saturated rings. The van der Waals surface area contributed by atoms with Crippen LogP contribution in [0.3, 0.4) is 0 Å². The predicted molar refractivity (Wildman–Crippen MR) is 134 cm³/mol. The summed E-state index contributed by atoms with van der Waals surface area (Å²) in [7, 11) is 0. The van der Waals surface area contributed by atoms with Crippen molar-refractivity contribution in [2.24, 2.45) is 0 Å². The van der Waals surface area contributed by atoms with E-state index in [2.05, 4.69) is 11.8 Å². The number of terminal acetylenes is 2. The van der Waals surface area contributed by atoms with Gasteiger partial charge in [-0.25, -0.2) is 0 Å².